The number of nitrogens with zero attached hydrogens (tertiary/aromatic N) is 3. The van der Waals surface area contributed by atoms with E-state index in [0.29, 0.717) is 18.3 Å². The number of benzene rings is 2. The van der Waals surface area contributed by atoms with Gasteiger partial charge in [-0.05, 0) is 41.8 Å². The van der Waals surface area contributed by atoms with Gasteiger partial charge >= 0.3 is 0 Å². The Bertz CT molecular complexity index is 871. The first-order chi connectivity index (χ1) is 12.3. The van der Waals surface area contributed by atoms with Crippen molar-refractivity contribution in [1.82, 2.24) is 15.1 Å². The standard InChI is InChI=1S/C20H18FN3O/c21-18-8-6-17(7-9-18)20-23-22-19(25-20)14-24-12-10-16(11-13-24)15-4-2-1-3-5-15/h1-10H,11-14H2. The molecule has 0 unspecified atom stereocenters. The largest absolute Gasteiger partial charge is 0.419 e. The van der Waals surface area contributed by atoms with Gasteiger partial charge in [0.1, 0.15) is 5.82 Å². The highest BCUT2D eigenvalue weighted by Gasteiger charge is 2.16. The zero-order valence-electron chi connectivity index (χ0n) is 13.7. The van der Waals surface area contributed by atoms with E-state index < -0.39 is 0 Å². The maximum Gasteiger partial charge on any atom is 0.247 e. The van der Waals surface area contributed by atoms with E-state index in [1.165, 1.54) is 23.3 Å². The molecule has 5 heteroatoms. The molecule has 0 amide bonds. The summed E-state index contributed by atoms with van der Waals surface area (Å²) in [5.74, 6) is 0.723. The summed E-state index contributed by atoms with van der Waals surface area (Å²) in [5.41, 5.74) is 3.40. The quantitative estimate of drug-likeness (QED) is 0.718. The average molecular weight is 335 g/mol. The van der Waals surface area contributed by atoms with Gasteiger partial charge in [-0.2, -0.15) is 0 Å². The number of rotatable bonds is 4. The topological polar surface area (TPSA) is 42.2 Å². The van der Waals surface area contributed by atoms with E-state index >= 15 is 0 Å². The maximum absolute atomic E-state index is 13.0. The minimum atomic E-state index is -0.280. The molecule has 0 radical (unpaired) electrons. The van der Waals surface area contributed by atoms with Crippen LogP contribution in [0.1, 0.15) is 17.9 Å². The van der Waals surface area contributed by atoms with Crippen LogP contribution in [-0.2, 0) is 6.54 Å². The molecule has 0 N–H and O–H groups in total. The molecule has 1 aliphatic rings. The van der Waals surface area contributed by atoms with Gasteiger partial charge in [-0.25, -0.2) is 4.39 Å². The monoisotopic (exact) mass is 335 g/mol. The number of hydrogen-bond acceptors (Lipinski definition) is 4. The first-order valence-electron chi connectivity index (χ1n) is 8.33. The number of halogens is 1. The van der Waals surface area contributed by atoms with Crippen LogP contribution < -0.4 is 0 Å². The summed E-state index contributed by atoms with van der Waals surface area (Å²) >= 11 is 0. The number of aromatic nitrogens is 2. The second-order valence-electron chi connectivity index (χ2n) is 6.09. The van der Waals surface area contributed by atoms with Crippen molar-refractivity contribution in [3.05, 3.63) is 77.9 Å². The van der Waals surface area contributed by atoms with Crippen molar-refractivity contribution in [2.45, 2.75) is 13.0 Å². The first kappa shape index (κ1) is 15.7. The molecule has 0 saturated carbocycles. The van der Waals surface area contributed by atoms with Crippen LogP contribution >= 0.6 is 0 Å². The molecule has 1 aromatic heterocycles. The fraction of sp³-hybridized carbons (Fsp3) is 0.200. The Morgan fingerprint density at radius 1 is 0.960 bits per heavy atom. The van der Waals surface area contributed by atoms with E-state index in [0.717, 1.165) is 25.1 Å². The van der Waals surface area contributed by atoms with E-state index in [1.807, 2.05) is 6.07 Å². The summed E-state index contributed by atoms with van der Waals surface area (Å²) in [4.78, 5) is 2.27. The van der Waals surface area contributed by atoms with Crippen molar-refractivity contribution in [3.63, 3.8) is 0 Å². The molecule has 1 aliphatic heterocycles. The van der Waals surface area contributed by atoms with Crippen molar-refractivity contribution in [3.8, 4) is 11.5 Å². The fourth-order valence-electron chi connectivity index (χ4n) is 2.99. The molecular weight excluding hydrogens is 317 g/mol. The Labute approximate surface area is 145 Å². The van der Waals surface area contributed by atoms with Gasteiger partial charge in [-0.1, -0.05) is 36.4 Å². The molecule has 4 nitrogen and oxygen atoms in total. The van der Waals surface area contributed by atoms with E-state index in [1.54, 1.807) is 12.1 Å². The van der Waals surface area contributed by atoms with Gasteiger partial charge in [0.2, 0.25) is 11.8 Å². The molecule has 2 aromatic carbocycles. The summed E-state index contributed by atoms with van der Waals surface area (Å²) in [5, 5.41) is 8.18. The van der Waals surface area contributed by atoms with Gasteiger partial charge in [0, 0.05) is 18.7 Å². The Morgan fingerprint density at radius 3 is 2.48 bits per heavy atom. The Kier molecular flexibility index (Phi) is 4.39. The SMILES string of the molecule is Fc1ccc(-c2nnc(CN3CC=C(c4ccccc4)CC3)o2)cc1. The van der Waals surface area contributed by atoms with Crippen LogP contribution in [0.3, 0.4) is 0 Å². The van der Waals surface area contributed by atoms with Gasteiger partial charge in [0.05, 0.1) is 6.54 Å². The summed E-state index contributed by atoms with van der Waals surface area (Å²) in [7, 11) is 0. The molecule has 0 aliphatic carbocycles. The summed E-state index contributed by atoms with van der Waals surface area (Å²) in [6, 6.07) is 16.5. The molecule has 25 heavy (non-hydrogen) atoms. The zero-order chi connectivity index (χ0) is 17.1. The molecule has 0 spiro atoms. The van der Waals surface area contributed by atoms with Gasteiger partial charge in [-0.15, -0.1) is 10.2 Å². The van der Waals surface area contributed by atoms with E-state index in [-0.39, 0.29) is 5.82 Å². The molecule has 3 aromatic rings. The second kappa shape index (κ2) is 6.99. The average Bonchev–Trinajstić information content (AvgIpc) is 3.12. The lowest BCUT2D eigenvalue weighted by Crippen LogP contribution is -2.28. The molecule has 2 heterocycles. The highest BCUT2D eigenvalue weighted by molar-refractivity contribution is 5.66. The van der Waals surface area contributed by atoms with Gasteiger partial charge in [-0.3, -0.25) is 4.90 Å². The van der Waals surface area contributed by atoms with Gasteiger partial charge < -0.3 is 4.42 Å². The maximum atomic E-state index is 13.0. The lowest BCUT2D eigenvalue weighted by molar-refractivity contribution is 0.263. The van der Waals surface area contributed by atoms with Crippen molar-refractivity contribution in [1.29, 1.82) is 0 Å². The van der Waals surface area contributed by atoms with Crippen LogP contribution in [0.4, 0.5) is 4.39 Å². The Hall–Kier alpha value is -2.79. The van der Waals surface area contributed by atoms with Crippen LogP contribution in [0, 0.1) is 5.82 Å². The van der Waals surface area contributed by atoms with Crippen LogP contribution in [0.5, 0.6) is 0 Å². The van der Waals surface area contributed by atoms with Crippen LogP contribution in [-0.4, -0.2) is 28.2 Å². The van der Waals surface area contributed by atoms with Crippen molar-refractivity contribution in [2.75, 3.05) is 13.1 Å². The van der Waals surface area contributed by atoms with Crippen LogP contribution in [0.25, 0.3) is 17.0 Å². The lowest BCUT2D eigenvalue weighted by atomic mass is 10.00. The van der Waals surface area contributed by atoms with Crippen molar-refractivity contribution >= 4 is 5.57 Å². The minimum absolute atomic E-state index is 0.280. The summed E-state index contributed by atoms with van der Waals surface area (Å²) in [6.45, 7) is 2.43. The third-order valence-corrected chi connectivity index (χ3v) is 4.35. The molecule has 0 atom stereocenters. The first-order valence-corrected chi connectivity index (χ1v) is 8.33. The molecule has 0 saturated heterocycles. The van der Waals surface area contributed by atoms with E-state index in [9.17, 15) is 4.39 Å². The Morgan fingerprint density at radius 2 is 1.76 bits per heavy atom. The number of hydrogen-bond donors (Lipinski definition) is 0. The minimum Gasteiger partial charge on any atom is -0.419 e. The summed E-state index contributed by atoms with van der Waals surface area (Å²) < 4.78 is 18.7. The van der Waals surface area contributed by atoms with Gasteiger partial charge in [0.25, 0.3) is 0 Å². The van der Waals surface area contributed by atoms with Crippen LogP contribution in [0.15, 0.2) is 65.1 Å². The second-order valence-corrected chi connectivity index (χ2v) is 6.09. The zero-order valence-corrected chi connectivity index (χ0v) is 13.7. The molecular formula is C20H18FN3O. The molecule has 0 fully saturated rings. The van der Waals surface area contributed by atoms with E-state index in [2.05, 4.69) is 45.4 Å². The Balaban J connectivity index is 1.41. The predicted octanol–water partition coefficient (Wildman–Crippen LogP) is 4.17. The lowest BCUT2D eigenvalue weighted by Gasteiger charge is -2.25. The third-order valence-electron chi connectivity index (χ3n) is 4.35. The highest BCUT2D eigenvalue weighted by atomic mass is 19.1. The summed E-state index contributed by atoms with van der Waals surface area (Å²) in [6.07, 6.45) is 3.26. The smallest absolute Gasteiger partial charge is 0.247 e. The molecule has 0 bridgehead atoms. The van der Waals surface area contributed by atoms with Gasteiger partial charge in [0.15, 0.2) is 0 Å². The van der Waals surface area contributed by atoms with Crippen LogP contribution in [0.2, 0.25) is 0 Å². The fourth-order valence-corrected chi connectivity index (χ4v) is 2.99. The normalized spacial score (nSPS) is 15.2. The third kappa shape index (κ3) is 3.67. The molecule has 4 rings (SSSR count). The highest BCUT2D eigenvalue weighted by Crippen LogP contribution is 2.23. The van der Waals surface area contributed by atoms with Crippen molar-refractivity contribution in [2.24, 2.45) is 0 Å². The van der Waals surface area contributed by atoms with E-state index in [4.69, 9.17) is 4.42 Å². The molecule has 126 valence electrons. The predicted molar refractivity (Wildman–Crippen MR) is 94.0 cm³/mol. The van der Waals surface area contributed by atoms with Crippen molar-refractivity contribution < 1.29 is 8.81 Å².